The first-order valence-corrected chi connectivity index (χ1v) is 8.30. The van der Waals surface area contributed by atoms with E-state index in [2.05, 4.69) is 15.6 Å². The number of hydrogen-bond donors (Lipinski definition) is 2. The molecule has 0 fully saturated rings. The van der Waals surface area contributed by atoms with Crippen LogP contribution in [0.3, 0.4) is 0 Å². The number of nitrogens with one attached hydrogen (secondary N) is 2. The molecule has 2 N–H and O–H groups in total. The third-order valence-corrected chi connectivity index (χ3v) is 3.85. The molecule has 0 saturated carbocycles. The molecular formula is C20H16ClN3O2. The SMILES string of the molecule is Cc1cccc(NC(=O)c2ccnc(C(=O)Nc3cccc(Cl)c3)c2)c1. The van der Waals surface area contributed by atoms with Crippen LogP contribution in [0.2, 0.25) is 5.02 Å². The number of amides is 2. The van der Waals surface area contributed by atoms with E-state index in [1.165, 1.54) is 12.3 Å². The Labute approximate surface area is 156 Å². The Bertz CT molecular complexity index is 898. The number of benzene rings is 2. The van der Waals surface area contributed by atoms with Crippen LogP contribution in [0.5, 0.6) is 0 Å². The van der Waals surface area contributed by atoms with Gasteiger partial charge < -0.3 is 10.6 Å². The van der Waals surface area contributed by atoms with Crippen molar-refractivity contribution < 1.29 is 9.59 Å². The fraction of sp³-hybridized carbons (Fsp3) is 0.0500. The lowest BCUT2D eigenvalue weighted by Gasteiger charge is -2.08. The Morgan fingerprint density at radius 3 is 2.31 bits per heavy atom. The average molecular weight is 366 g/mol. The highest BCUT2D eigenvalue weighted by Gasteiger charge is 2.12. The Morgan fingerprint density at radius 1 is 0.885 bits per heavy atom. The fourth-order valence-electron chi connectivity index (χ4n) is 2.38. The van der Waals surface area contributed by atoms with Crippen LogP contribution in [0.1, 0.15) is 26.4 Å². The minimum Gasteiger partial charge on any atom is -0.322 e. The molecule has 3 rings (SSSR count). The van der Waals surface area contributed by atoms with Gasteiger partial charge in [-0.15, -0.1) is 0 Å². The summed E-state index contributed by atoms with van der Waals surface area (Å²) in [6.45, 7) is 1.94. The third-order valence-electron chi connectivity index (χ3n) is 3.61. The van der Waals surface area contributed by atoms with Crippen LogP contribution in [0.15, 0.2) is 66.9 Å². The number of hydrogen-bond acceptors (Lipinski definition) is 3. The number of carbonyl (C=O) groups excluding carboxylic acids is 2. The van der Waals surface area contributed by atoms with E-state index in [1.807, 2.05) is 25.1 Å². The van der Waals surface area contributed by atoms with Crippen molar-refractivity contribution in [1.82, 2.24) is 4.98 Å². The molecule has 0 bridgehead atoms. The van der Waals surface area contributed by atoms with Gasteiger partial charge in [-0.1, -0.05) is 29.8 Å². The van der Waals surface area contributed by atoms with Gasteiger partial charge in [0.05, 0.1) is 0 Å². The van der Waals surface area contributed by atoms with Gasteiger partial charge in [-0.3, -0.25) is 14.6 Å². The van der Waals surface area contributed by atoms with Crippen LogP contribution in [-0.2, 0) is 0 Å². The highest BCUT2D eigenvalue weighted by molar-refractivity contribution is 6.31. The summed E-state index contributed by atoms with van der Waals surface area (Å²) < 4.78 is 0. The quantitative estimate of drug-likeness (QED) is 0.712. The molecule has 0 aliphatic heterocycles. The van der Waals surface area contributed by atoms with Crippen molar-refractivity contribution in [3.8, 4) is 0 Å². The molecular weight excluding hydrogens is 350 g/mol. The Kier molecular flexibility index (Phi) is 5.29. The van der Waals surface area contributed by atoms with Gasteiger partial charge in [0, 0.05) is 28.2 Å². The topological polar surface area (TPSA) is 71.1 Å². The van der Waals surface area contributed by atoms with E-state index < -0.39 is 5.91 Å². The van der Waals surface area contributed by atoms with Crippen LogP contribution in [-0.4, -0.2) is 16.8 Å². The van der Waals surface area contributed by atoms with Crippen LogP contribution < -0.4 is 10.6 Å². The Morgan fingerprint density at radius 2 is 1.58 bits per heavy atom. The third kappa shape index (κ3) is 4.46. The minimum atomic E-state index is -0.419. The molecule has 6 heteroatoms. The maximum absolute atomic E-state index is 12.4. The van der Waals surface area contributed by atoms with Crippen molar-refractivity contribution in [2.24, 2.45) is 0 Å². The van der Waals surface area contributed by atoms with E-state index in [-0.39, 0.29) is 11.6 Å². The van der Waals surface area contributed by atoms with E-state index in [0.717, 1.165) is 5.56 Å². The summed E-state index contributed by atoms with van der Waals surface area (Å²) in [5, 5.41) is 6.03. The summed E-state index contributed by atoms with van der Waals surface area (Å²) >= 11 is 5.91. The second-order valence-electron chi connectivity index (χ2n) is 5.72. The molecule has 0 aliphatic carbocycles. The number of aryl methyl sites for hydroxylation is 1. The van der Waals surface area contributed by atoms with Gasteiger partial charge in [0.1, 0.15) is 5.69 Å². The first kappa shape index (κ1) is 17.6. The van der Waals surface area contributed by atoms with Gasteiger partial charge in [0.25, 0.3) is 11.8 Å². The van der Waals surface area contributed by atoms with E-state index in [1.54, 1.807) is 36.4 Å². The molecule has 26 heavy (non-hydrogen) atoms. The Hall–Kier alpha value is -3.18. The van der Waals surface area contributed by atoms with Crippen molar-refractivity contribution in [1.29, 1.82) is 0 Å². The van der Waals surface area contributed by atoms with Gasteiger partial charge in [-0.05, 0) is 55.0 Å². The molecule has 5 nitrogen and oxygen atoms in total. The summed E-state index contributed by atoms with van der Waals surface area (Å²) in [7, 11) is 0. The van der Waals surface area contributed by atoms with Gasteiger partial charge in [-0.2, -0.15) is 0 Å². The summed E-state index contributed by atoms with van der Waals surface area (Å²) in [5.41, 5.74) is 2.77. The molecule has 1 aromatic heterocycles. The number of anilines is 2. The molecule has 130 valence electrons. The lowest BCUT2D eigenvalue weighted by atomic mass is 10.2. The van der Waals surface area contributed by atoms with Gasteiger partial charge in [-0.25, -0.2) is 0 Å². The van der Waals surface area contributed by atoms with Crippen molar-refractivity contribution >= 4 is 34.8 Å². The molecule has 0 aliphatic rings. The predicted octanol–water partition coefficient (Wildman–Crippen LogP) is 4.55. The van der Waals surface area contributed by atoms with E-state index in [4.69, 9.17) is 11.6 Å². The van der Waals surface area contributed by atoms with Crippen molar-refractivity contribution in [2.45, 2.75) is 6.92 Å². The highest BCUT2D eigenvalue weighted by Crippen LogP contribution is 2.16. The van der Waals surface area contributed by atoms with Crippen LogP contribution in [0.25, 0.3) is 0 Å². The summed E-state index contributed by atoms with van der Waals surface area (Å²) in [5.74, 6) is -0.729. The first-order chi connectivity index (χ1) is 12.5. The lowest BCUT2D eigenvalue weighted by molar-refractivity contribution is 0.102. The molecule has 2 aromatic carbocycles. The number of carbonyl (C=O) groups is 2. The van der Waals surface area contributed by atoms with E-state index >= 15 is 0 Å². The molecule has 0 saturated heterocycles. The zero-order valence-corrected chi connectivity index (χ0v) is 14.7. The normalized spacial score (nSPS) is 10.2. The monoisotopic (exact) mass is 365 g/mol. The minimum absolute atomic E-state index is 0.141. The smallest absolute Gasteiger partial charge is 0.274 e. The lowest BCUT2D eigenvalue weighted by Crippen LogP contribution is -2.17. The van der Waals surface area contributed by atoms with Gasteiger partial charge >= 0.3 is 0 Å². The summed E-state index contributed by atoms with van der Waals surface area (Å²) in [4.78, 5) is 28.8. The zero-order chi connectivity index (χ0) is 18.5. The largest absolute Gasteiger partial charge is 0.322 e. The maximum Gasteiger partial charge on any atom is 0.274 e. The molecule has 0 spiro atoms. The standard InChI is InChI=1S/C20H16ClN3O2/c1-13-4-2-6-16(10-13)23-19(25)14-8-9-22-18(11-14)20(26)24-17-7-3-5-15(21)12-17/h2-12H,1H3,(H,23,25)(H,24,26). The number of rotatable bonds is 4. The van der Waals surface area contributed by atoms with Crippen molar-refractivity contribution in [2.75, 3.05) is 10.6 Å². The molecule has 0 radical (unpaired) electrons. The fourth-order valence-corrected chi connectivity index (χ4v) is 2.57. The number of pyridine rings is 1. The number of nitrogens with zero attached hydrogens (tertiary/aromatic N) is 1. The summed E-state index contributed by atoms with van der Waals surface area (Å²) in [6, 6.07) is 17.3. The van der Waals surface area contributed by atoms with Gasteiger partial charge in [0.15, 0.2) is 0 Å². The van der Waals surface area contributed by atoms with Crippen molar-refractivity contribution in [3.63, 3.8) is 0 Å². The molecule has 0 atom stereocenters. The van der Waals surface area contributed by atoms with Crippen LogP contribution in [0.4, 0.5) is 11.4 Å². The van der Waals surface area contributed by atoms with Crippen LogP contribution in [0, 0.1) is 6.92 Å². The van der Waals surface area contributed by atoms with Crippen molar-refractivity contribution in [3.05, 3.63) is 88.7 Å². The highest BCUT2D eigenvalue weighted by atomic mass is 35.5. The van der Waals surface area contributed by atoms with Crippen LogP contribution >= 0.6 is 11.6 Å². The number of halogens is 1. The molecule has 3 aromatic rings. The second kappa shape index (κ2) is 7.80. The summed E-state index contributed by atoms with van der Waals surface area (Å²) in [6.07, 6.45) is 1.43. The van der Waals surface area contributed by atoms with E-state index in [0.29, 0.717) is 22.0 Å². The first-order valence-electron chi connectivity index (χ1n) is 7.92. The molecule has 0 unspecified atom stereocenters. The Balaban J connectivity index is 1.75. The average Bonchev–Trinajstić information content (AvgIpc) is 2.62. The second-order valence-corrected chi connectivity index (χ2v) is 6.15. The van der Waals surface area contributed by atoms with E-state index in [9.17, 15) is 9.59 Å². The molecule has 2 amide bonds. The van der Waals surface area contributed by atoms with Gasteiger partial charge in [0.2, 0.25) is 0 Å². The predicted molar refractivity (Wildman–Crippen MR) is 103 cm³/mol. The maximum atomic E-state index is 12.4. The number of aromatic nitrogens is 1. The molecule has 1 heterocycles. The zero-order valence-electron chi connectivity index (χ0n) is 14.0.